The molecule has 1 amide bonds. The smallest absolute Gasteiger partial charge is 0.224 e. The molecule has 4 nitrogen and oxygen atoms in total. The van der Waals surface area contributed by atoms with Crippen molar-refractivity contribution in [2.45, 2.75) is 20.3 Å². The summed E-state index contributed by atoms with van der Waals surface area (Å²) in [7, 11) is 0. The summed E-state index contributed by atoms with van der Waals surface area (Å²) in [6, 6.07) is 7.84. The molecule has 1 atom stereocenters. The van der Waals surface area contributed by atoms with Gasteiger partial charge in [-0.25, -0.2) is 0 Å². The van der Waals surface area contributed by atoms with Crippen LogP contribution >= 0.6 is 0 Å². The molecule has 1 unspecified atom stereocenters. The molecule has 0 bridgehead atoms. The average molecular weight is 250 g/mol. The second-order valence-electron chi connectivity index (χ2n) is 4.30. The van der Waals surface area contributed by atoms with E-state index in [1.165, 1.54) is 0 Å². The Balaban J connectivity index is 2.24. The molecule has 0 saturated heterocycles. The van der Waals surface area contributed by atoms with Crippen molar-refractivity contribution in [1.29, 1.82) is 0 Å². The van der Waals surface area contributed by atoms with Gasteiger partial charge in [0.05, 0.1) is 6.54 Å². The van der Waals surface area contributed by atoms with Gasteiger partial charge in [-0.3, -0.25) is 4.79 Å². The zero-order chi connectivity index (χ0) is 13.4. The number of hydrogen-bond donors (Lipinski definition) is 2. The van der Waals surface area contributed by atoms with Crippen LogP contribution in [-0.4, -0.2) is 25.6 Å². The molecule has 0 fully saturated rings. The molecule has 1 rings (SSSR count). The number of carbonyl (C=O) groups is 1. The van der Waals surface area contributed by atoms with Crippen molar-refractivity contribution in [1.82, 2.24) is 5.32 Å². The lowest BCUT2D eigenvalue weighted by molar-refractivity contribution is -0.124. The van der Waals surface area contributed by atoms with Crippen LogP contribution < -0.4 is 15.8 Å². The van der Waals surface area contributed by atoms with Gasteiger partial charge in [-0.05, 0) is 31.0 Å². The van der Waals surface area contributed by atoms with Crippen LogP contribution in [0.2, 0.25) is 0 Å². The minimum Gasteiger partial charge on any atom is -0.492 e. The highest BCUT2D eigenvalue weighted by Gasteiger charge is 2.13. The second-order valence-corrected chi connectivity index (χ2v) is 4.30. The quantitative estimate of drug-likeness (QED) is 0.720. The molecule has 0 aliphatic carbocycles. The van der Waals surface area contributed by atoms with E-state index in [1.54, 1.807) is 0 Å². The Kier molecular flexibility index (Phi) is 6.22. The Morgan fingerprint density at radius 2 is 2.28 bits per heavy atom. The van der Waals surface area contributed by atoms with Crippen LogP contribution in [0, 0.1) is 12.8 Å². The molecule has 1 aromatic rings. The Morgan fingerprint density at radius 3 is 2.89 bits per heavy atom. The fourth-order valence-electron chi connectivity index (χ4n) is 1.65. The fourth-order valence-corrected chi connectivity index (χ4v) is 1.65. The van der Waals surface area contributed by atoms with E-state index in [0.717, 1.165) is 17.7 Å². The van der Waals surface area contributed by atoms with E-state index in [2.05, 4.69) is 5.32 Å². The monoisotopic (exact) mass is 250 g/mol. The molecular formula is C14H22N2O2. The number of benzene rings is 1. The summed E-state index contributed by atoms with van der Waals surface area (Å²) < 4.78 is 5.54. The zero-order valence-electron chi connectivity index (χ0n) is 11.1. The van der Waals surface area contributed by atoms with E-state index in [9.17, 15) is 4.79 Å². The molecule has 1 aromatic carbocycles. The molecule has 100 valence electrons. The van der Waals surface area contributed by atoms with Crippen molar-refractivity contribution in [2.75, 3.05) is 19.7 Å². The van der Waals surface area contributed by atoms with Crippen LogP contribution in [0.1, 0.15) is 18.9 Å². The first-order chi connectivity index (χ1) is 8.67. The van der Waals surface area contributed by atoms with E-state index in [-0.39, 0.29) is 11.8 Å². The normalized spacial score (nSPS) is 11.9. The standard InChI is InChI=1S/C14H22N2O2/c1-3-12(10-15)14(17)16-7-8-18-13-6-4-5-11(2)9-13/h4-6,9,12H,3,7-8,10,15H2,1-2H3,(H,16,17). The minimum atomic E-state index is -0.0935. The number of amides is 1. The SMILES string of the molecule is CCC(CN)C(=O)NCCOc1cccc(C)c1. The maximum Gasteiger partial charge on any atom is 0.224 e. The van der Waals surface area contributed by atoms with Gasteiger partial charge in [-0.2, -0.15) is 0 Å². The van der Waals surface area contributed by atoms with Crippen molar-refractivity contribution < 1.29 is 9.53 Å². The van der Waals surface area contributed by atoms with Gasteiger partial charge >= 0.3 is 0 Å². The second kappa shape index (κ2) is 7.71. The summed E-state index contributed by atoms with van der Waals surface area (Å²) in [6.07, 6.45) is 0.765. The van der Waals surface area contributed by atoms with Crippen molar-refractivity contribution >= 4 is 5.91 Å². The third-order valence-corrected chi connectivity index (χ3v) is 2.81. The number of hydrogen-bond acceptors (Lipinski definition) is 3. The first-order valence-corrected chi connectivity index (χ1v) is 6.34. The van der Waals surface area contributed by atoms with Crippen LogP contribution in [0.3, 0.4) is 0 Å². The first-order valence-electron chi connectivity index (χ1n) is 6.34. The Hall–Kier alpha value is -1.55. The van der Waals surface area contributed by atoms with Crippen molar-refractivity contribution in [3.63, 3.8) is 0 Å². The lowest BCUT2D eigenvalue weighted by Crippen LogP contribution is -2.36. The lowest BCUT2D eigenvalue weighted by atomic mass is 10.1. The Morgan fingerprint density at radius 1 is 1.50 bits per heavy atom. The molecule has 18 heavy (non-hydrogen) atoms. The van der Waals surface area contributed by atoms with E-state index >= 15 is 0 Å². The van der Waals surface area contributed by atoms with Crippen LogP contribution in [0.5, 0.6) is 5.75 Å². The van der Waals surface area contributed by atoms with Gasteiger partial charge in [-0.1, -0.05) is 19.1 Å². The van der Waals surface area contributed by atoms with Gasteiger partial charge < -0.3 is 15.8 Å². The summed E-state index contributed by atoms with van der Waals surface area (Å²) >= 11 is 0. The van der Waals surface area contributed by atoms with Gasteiger partial charge in [0, 0.05) is 12.5 Å². The van der Waals surface area contributed by atoms with Gasteiger partial charge in [0.25, 0.3) is 0 Å². The molecule has 0 spiro atoms. The van der Waals surface area contributed by atoms with Gasteiger partial charge in [0.2, 0.25) is 5.91 Å². The van der Waals surface area contributed by atoms with E-state index < -0.39 is 0 Å². The zero-order valence-corrected chi connectivity index (χ0v) is 11.1. The molecule has 0 radical (unpaired) electrons. The maximum atomic E-state index is 11.6. The third-order valence-electron chi connectivity index (χ3n) is 2.81. The number of rotatable bonds is 7. The highest BCUT2D eigenvalue weighted by atomic mass is 16.5. The number of nitrogens with two attached hydrogens (primary N) is 1. The summed E-state index contributed by atoms with van der Waals surface area (Å²) in [5.74, 6) is 0.743. The van der Waals surface area contributed by atoms with Crippen LogP contribution in [0.25, 0.3) is 0 Å². The first kappa shape index (κ1) is 14.5. The predicted molar refractivity (Wildman–Crippen MR) is 72.5 cm³/mol. The number of ether oxygens (including phenoxy) is 1. The molecule has 0 heterocycles. The molecular weight excluding hydrogens is 228 g/mol. The largest absolute Gasteiger partial charge is 0.492 e. The summed E-state index contributed by atoms with van der Waals surface area (Å²) in [4.78, 5) is 11.6. The molecule has 0 aliphatic rings. The van der Waals surface area contributed by atoms with Gasteiger partial charge in [-0.15, -0.1) is 0 Å². The van der Waals surface area contributed by atoms with Crippen molar-refractivity contribution in [3.05, 3.63) is 29.8 Å². The fraction of sp³-hybridized carbons (Fsp3) is 0.500. The average Bonchev–Trinajstić information content (AvgIpc) is 2.36. The Bertz CT molecular complexity index is 376. The molecule has 4 heteroatoms. The third kappa shape index (κ3) is 4.75. The number of carbonyl (C=O) groups excluding carboxylic acids is 1. The van der Waals surface area contributed by atoms with Crippen molar-refractivity contribution in [3.8, 4) is 5.75 Å². The minimum absolute atomic E-state index is 0.00726. The van der Waals surface area contributed by atoms with E-state index in [4.69, 9.17) is 10.5 Å². The van der Waals surface area contributed by atoms with Crippen LogP contribution in [0.15, 0.2) is 24.3 Å². The number of aryl methyl sites for hydroxylation is 1. The van der Waals surface area contributed by atoms with E-state index in [1.807, 2.05) is 38.1 Å². The van der Waals surface area contributed by atoms with Crippen LogP contribution in [0.4, 0.5) is 0 Å². The summed E-state index contributed by atoms with van der Waals surface area (Å²) in [5, 5.41) is 2.83. The van der Waals surface area contributed by atoms with Gasteiger partial charge in [0.15, 0.2) is 0 Å². The summed E-state index contributed by atoms with van der Waals surface area (Å²) in [5.41, 5.74) is 6.66. The molecule has 0 aromatic heterocycles. The van der Waals surface area contributed by atoms with Gasteiger partial charge in [0.1, 0.15) is 12.4 Å². The predicted octanol–water partition coefficient (Wildman–Crippen LogP) is 1.47. The highest BCUT2D eigenvalue weighted by Crippen LogP contribution is 2.11. The lowest BCUT2D eigenvalue weighted by Gasteiger charge is -2.13. The highest BCUT2D eigenvalue weighted by molar-refractivity contribution is 5.78. The topological polar surface area (TPSA) is 64.4 Å². The maximum absolute atomic E-state index is 11.6. The molecule has 3 N–H and O–H groups in total. The molecule has 0 aliphatic heterocycles. The Labute approximate surface area is 109 Å². The van der Waals surface area contributed by atoms with Crippen LogP contribution in [-0.2, 0) is 4.79 Å². The van der Waals surface area contributed by atoms with E-state index in [0.29, 0.717) is 19.7 Å². The van der Waals surface area contributed by atoms with Crippen molar-refractivity contribution in [2.24, 2.45) is 11.7 Å². The molecule has 0 saturated carbocycles. The summed E-state index contributed by atoms with van der Waals surface area (Å²) in [6.45, 7) is 5.34. The number of nitrogens with one attached hydrogen (secondary N) is 1.